The first-order chi connectivity index (χ1) is 9.15. The van der Waals surface area contributed by atoms with Crippen molar-refractivity contribution in [3.63, 3.8) is 0 Å². The number of ether oxygens (including phenoxy) is 1. The normalized spacial score (nSPS) is 11.1. The van der Waals surface area contributed by atoms with Crippen molar-refractivity contribution in [2.24, 2.45) is 0 Å². The third kappa shape index (κ3) is 3.99. The molecule has 0 amide bonds. The zero-order valence-corrected chi connectivity index (χ0v) is 10.1. The predicted octanol–water partition coefficient (Wildman–Crippen LogP) is 2.14. The van der Waals surface area contributed by atoms with Crippen LogP contribution in [0.25, 0.3) is 11.4 Å². The summed E-state index contributed by atoms with van der Waals surface area (Å²) in [4.78, 5) is 4.14. The van der Waals surface area contributed by atoms with Crippen molar-refractivity contribution in [2.45, 2.75) is 12.8 Å². The highest BCUT2D eigenvalue weighted by Gasteiger charge is 2.09. The first-order valence-electron chi connectivity index (χ1n) is 5.69. The first kappa shape index (κ1) is 13.4. The third-order valence-electron chi connectivity index (χ3n) is 2.34. The Kier molecular flexibility index (Phi) is 4.40. The van der Waals surface area contributed by atoms with Crippen LogP contribution >= 0.6 is 0 Å². The molecule has 19 heavy (non-hydrogen) atoms. The van der Waals surface area contributed by atoms with Gasteiger partial charge in [-0.2, -0.15) is 4.98 Å². The Labute approximate surface area is 108 Å². The minimum Gasteiger partial charge on any atom is -0.399 e. The first-order valence-corrected chi connectivity index (χ1v) is 5.69. The molecule has 2 aromatic rings. The quantitative estimate of drug-likeness (QED) is 0.642. The number of alkyl halides is 2. The van der Waals surface area contributed by atoms with E-state index in [1.54, 1.807) is 24.3 Å². The van der Waals surface area contributed by atoms with Crippen LogP contribution in [0.5, 0.6) is 0 Å². The lowest BCUT2D eigenvalue weighted by atomic mass is 10.2. The Balaban J connectivity index is 1.90. The van der Waals surface area contributed by atoms with Crippen molar-refractivity contribution >= 4 is 5.69 Å². The Morgan fingerprint density at radius 1 is 1.26 bits per heavy atom. The fourth-order valence-corrected chi connectivity index (χ4v) is 1.44. The molecule has 2 rings (SSSR count). The highest BCUT2D eigenvalue weighted by molar-refractivity contribution is 5.57. The van der Waals surface area contributed by atoms with Crippen LogP contribution < -0.4 is 5.73 Å². The minimum atomic E-state index is -2.46. The van der Waals surface area contributed by atoms with E-state index in [9.17, 15) is 8.78 Å². The number of rotatable bonds is 6. The molecule has 0 saturated carbocycles. The molecule has 0 saturated heterocycles. The topological polar surface area (TPSA) is 74.2 Å². The number of nitrogens with two attached hydrogens (primary N) is 1. The van der Waals surface area contributed by atoms with Crippen LogP contribution in [0, 0.1) is 0 Å². The van der Waals surface area contributed by atoms with Crippen molar-refractivity contribution in [3.05, 3.63) is 30.2 Å². The zero-order chi connectivity index (χ0) is 13.7. The van der Waals surface area contributed by atoms with Crippen molar-refractivity contribution in [3.8, 4) is 11.4 Å². The van der Waals surface area contributed by atoms with E-state index < -0.39 is 13.0 Å². The minimum absolute atomic E-state index is 0.119. The molecule has 0 fully saturated rings. The fraction of sp³-hybridized carbons (Fsp3) is 0.333. The summed E-state index contributed by atoms with van der Waals surface area (Å²) in [6.07, 6.45) is -2.16. The van der Waals surface area contributed by atoms with Crippen LogP contribution in [0.4, 0.5) is 14.5 Å². The van der Waals surface area contributed by atoms with Crippen molar-refractivity contribution < 1.29 is 18.0 Å². The molecule has 0 radical (unpaired) electrons. The summed E-state index contributed by atoms with van der Waals surface area (Å²) < 4.78 is 33.4. The average molecular weight is 269 g/mol. The van der Waals surface area contributed by atoms with Gasteiger partial charge >= 0.3 is 0 Å². The Hall–Kier alpha value is -2.02. The SMILES string of the molecule is Nc1ccc(-c2noc(CCOCC(F)F)n2)cc1. The molecule has 5 nitrogen and oxygen atoms in total. The van der Waals surface area contributed by atoms with Crippen molar-refractivity contribution in [1.29, 1.82) is 0 Å². The van der Waals surface area contributed by atoms with Crippen LogP contribution in [0.15, 0.2) is 28.8 Å². The second-order valence-electron chi connectivity index (χ2n) is 3.85. The molecule has 0 bridgehead atoms. The van der Waals surface area contributed by atoms with Crippen LogP contribution in [0.2, 0.25) is 0 Å². The van der Waals surface area contributed by atoms with Crippen LogP contribution in [0.3, 0.4) is 0 Å². The van der Waals surface area contributed by atoms with Crippen molar-refractivity contribution in [1.82, 2.24) is 10.1 Å². The van der Waals surface area contributed by atoms with Gasteiger partial charge in [-0.3, -0.25) is 0 Å². The van der Waals surface area contributed by atoms with Gasteiger partial charge in [-0.05, 0) is 24.3 Å². The summed E-state index contributed by atoms with van der Waals surface area (Å²) in [5.41, 5.74) is 7.00. The maximum atomic E-state index is 11.8. The molecular formula is C12H13F2N3O2. The highest BCUT2D eigenvalue weighted by atomic mass is 19.3. The van der Waals surface area contributed by atoms with Gasteiger partial charge in [0.25, 0.3) is 6.43 Å². The number of aromatic nitrogens is 2. The van der Waals surface area contributed by atoms with Gasteiger partial charge in [0.1, 0.15) is 6.61 Å². The number of nitrogen functional groups attached to an aromatic ring is 1. The Morgan fingerprint density at radius 3 is 2.68 bits per heavy atom. The monoisotopic (exact) mass is 269 g/mol. The standard InChI is InChI=1S/C12H13F2N3O2/c13-10(14)7-18-6-5-11-16-12(17-19-11)8-1-3-9(15)4-2-8/h1-4,10H,5-7,15H2. The van der Waals surface area contributed by atoms with Gasteiger partial charge in [-0.25, -0.2) is 8.78 Å². The predicted molar refractivity (Wildman–Crippen MR) is 64.7 cm³/mol. The lowest BCUT2D eigenvalue weighted by Crippen LogP contribution is -2.07. The molecule has 102 valence electrons. The van der Waals surface area contributed by atoms with E-state index in [2.05, 4.69) is 10.1 Å². The molecule has 2 N–H and O–H groups in total. The molecule has 1 heterocycles. The summed E-state index contributed by atoms with van der Waals surface area (Å²) in [6.45, 7) is -0.466. The Bertz CT molecular complexity index is 514. The van der Waals surface area contributed by atoms with Crippen LogP contribution in [-0.2, 0) is 11.2 Å². The highest BCUT2D eigenvalue weighted by Crippen LogP contribution is 2.17. The van der Waals surface area contributed by atoms with E-state index in [1.807, 2.05) is 0 Å². The molecule has 0 aliphatic heterocycles. The number of nitrogens with zero attached hydrogens (tertiary/aromatic N) is 2. The smallest absolute Gasteiger partial charge is 0.261 e. The fourth-order valence-electron chi connectivity index (χ4n) is 1.44. The molecule has 0 aliphatic carbocycles. The van der Waals surface area contributed by atoms with E-state index >= 15 is 0 Å². The van der Waals surface area contributed by atoms with E-state index in [4.69, 9.17) is 15.0 Å². The maximum absolute atomic E-state index is 11.8. The van der Waals surface area contributed by atoms with E-state index in [0.29, 0.717) is 23.8 Å². The Morgan fingerprint density at radius 2 is 2.00 bits per heavy atom. The van der Waals surface area contributed by atoms with Gasteiger partial charge in [0.2, 0.25) is 11.7 Å². The molecule has 7 heteroatoms. The van der Waals surface area contributed by atoms with E-state index in [1.165, 1.54) is 0 Å². The summed E-state index contributed by atoms with van der Waals surface area (Å²) in [6, 6.07) is 7.02. The van der Waals surface area contributed by atoms with Crippen LogP contribution in [0.1, 0.15) is 5.89 Å². The summed E-state index contributed by atoms with van der Waals surface area (Å²) >= 11 is 0. The van der Waals surface area contributed by atoms with Gasteiger partial charge in [-0.1, -0.05) is 5.16 Å². The number of benzene rings is 1. The number of hydrogen-bond donors (Lipinski definition) is 1. The molecule has 0 atom stereocenters. The molecule has 1 aromatic carbocycles. The van der Waals surface area contributed by atoms with Gasteiger partial charge in [0, 0.05) is 11.3 Å². The van der Waals surface area contributed by atoms with Gasteiger partial charge in [0.05, 0.1) is 13.0 Å². The zero-order valence-electron chi connectivity index (χ0n) is 10.1. The molecule has 0 unspecified atom stereocenters. The summed E-state index contributed by atoms with van der Waals surface area (Å²) in [5.74, 6) is 0.782. The maximum Gasteiger partial charge on any atom is 0.261 e. The number of anilines is 1. The average Bonchev–Trinajstić information content (AvgIpc) is 2.84. The number of halogens is 2. The van der Waals surface area contributed by atoms with E-state index in [0.717, 1.165) is 5.56 Å². The third-order valence-corrected chi connectivity index (χ3v) is 2.34. The second-order valence-corrected chi connectivity index (χ2v) is 3.85. The van der Waals surface area contributed by atoms with Gasteiger partial charge < -0.3 is 15.0 Å². The van der Waals surface area contributed by atoms with Gasteiger partial charge in [0.15, 0.2) is 0 Å². The van der Waals surface area contributed by atoms with Crippen LogP contribution in [-0.4, -0.2) is 29.8 Å². The molecule has 0 aliphatic rings. The lowest BCUT2D eigenvalue weighted by Gasteiger charge is -1.99. The largest absolute Gasteiger partial charge is 0.399 e. The molecular weight excluding hydrogens is 256 g/mol. The summed E-state index contributed by atoms with van der Waals surface area (Å²) in [7, 11) is 0. The molecule has 0 spiro atoms. The number of hydrogen-bond acceptors (Lipinski definition) is 5. The summed E-state index contributed by atoms with van der Waals surface area (Å²) in [5, 5.41) is 3.80. The second kappa shape index (κ2) is 6.24. The van der Waals surface area contributed by atoms with Gasteiger partial charge in [-0.15, -0.1) is 0 Å². The van der Waals surface area contributed by atoms with E-state index in [-0.39, 0.29) is 6.61 Å². The molecule has 1 aromatic heterocycles. The lowest BCUT2D eigenvalue weighted by molar-refractivity contribution is 0.0171. The van der Waals surface area contributed by atoms with Crippen molar-refractivity contribution in [2.75, 3.05) is 18.9 Å².